The number of hydrogen-bond donors (Lipinski definition) is 2. The standard InChI is InChI=1S/C18H12Br2N2O4/c1-9-2-4-12(5-3-9)22-17(25)13(16(24)21-18(22)26)7-10-6-11(19)8-14(20)15(10)23/h2-8,23H,1H3,(H,21,24,26)/b13-7+. The zero-order valence-corrected chi connectivity index (χ0v) is 16.6. The Morgan fingerprint density at radius 3 is 2.38 bits per heavy atom. The van der Waals surface area contributed by atoms with Crippen LogP contribution in [0.5, 0.6) is 5.75 Å². The molecule has 0 spiro atoms. The second-order valence-corrected chi connectivity index (χ2v) is 7.39. The van der Waals surface area contributed by atoms with Crippen molar-refractivity contribution in [2.45, 2.75) is 6.92 Å². The highest BCUT2D eigenvalue weighted by molar-refractivity contribution is 9.11. The van der Waals surface area contributed by atoms with Crippen molar-refractivity contribution in [3.8, 4) is 5.75 Å². The first kappa shape index (κ1) is 18.3. The Labute approximate surface area is 165 Å². The number of benzene rings is 2. The van der Waals surface area contributed by atoms with Gasteiger partial charge in [0.15, 0.2) is 0 Å². The first-order valence-corrected chi connectivity index (χ1v) is 9.02. The molecule has 0 radical (unpaired) electrons. The Balaban J connectivity index is 2.07. The number of hydrogen-bond acceptors (Lipinski definition) is 4. The third-order valence-electron chi connectivity index (χ3n) is 3.75. The number of phenols is 1. The van der Waals surface area contributed by atoms with E-state index in [9.17, 15) is 19.5 Å². The molecule has 1 fully saturated rings. The number of urea groups is 1. The van der Waals surface area contributed by atoms with Gasteiger partial charge in [0.05, 0.1) is 10.2 Å². The summed E-state index contributed by atoms with van der Waals surface area (Å²) in [6, 6.07) is 9.11. The Bertz CT molecular complexity index is 968. The molecule has 0 aromatic heterocycles. The van der Waals surface area contributed by atoms with Crippen LogP contribution in [0.3, 0.4) is 0 Å². The summed E-state index contributed by atoms with van der Waals surface area (Å²) in [5, 5.41) is 12.3. The van der Waals surface area contributed by atoms with E-state index in [4.69, 9.17) is 0 Å². The number of anilines is 1. The van der Waals surface area contributed by atoms with Crippen molar-refractivity contribution in [3.05, 3.63) is 62.0 Å². The minimum Gasteiger partial charge on any atom is -0.506 e. The summed E-state index contributed by atoms with van der Waals surface area (Å²) in [7, 11) is 0. The molecule has 2 aromatic carbocycles. The summed E-state index contributed by atoms with van der Waals surface area (Å²) in [4.78, 5) is 38.0. The lowest BCUT2D eigenvalue weighted by atomic mass is 10.1. The third-order valence-corrected chi connectivity index (χ3v) is 4.81. The van der Waals surface area contributed by atoms with Gasteiger partial charge >= 0.3 is 6.03 Å². The van der Waals surface area contributed by atoms with Gasteiger partial charge in [-0.15, -0.1) is 0 Å². The monoisotopic (exact) mass is 478 g/mol. The van der Waals surface area contributed by atoms with Crippen LogP contribution in [0, 0.1) is 6.92 Å². The van der Waals surface area contributed by atoms with E-state index in [1.54, 1.807) is 36.4 Å². The number of aromatic hydroxyl groups is 1. The van der Waals surface area contributed by atoms with E-state index in [1.165, 1.54) is 6.08 Å². The van der Waals surface area contributed by atoms with E-state index in [2.05, 4.69) is 37.2 Å². The number of nitrogens with one attached hydrogen (secondary N) is 1. The van der Waals surface area contributed by atoms with E-state index in [-0.39, 0.29) is 16.9 Å². The summed E-state index contributed by atoms with van der Waals surface area (Å²) in [6.07, 6.45) is 1.25. The predicted molar refractivity (Wildman–Crippen MR) is 104 cm³/mol. The molecule has 1 heterocycles. The van der Waals surface area contributed by atoms with E-state index in [0.29, 0.717) is 14.6 Å². The highest BCUT2D eigenvalue weighted by Gasteiger charge is 2.36. The molecule has 0 saturated carbocycles. The van der Waals surface area contributed by atoms with Crippen molar-refractivity contribution < 1.29 is 19.5 Å². The van der Waals surface area contributed by atoms with Crippen LogP contribution in [0.25, 0.3) is 6.08 Å². The zero-order valence-electron chi connectivity index (χ0n) is 13.4. The lowest BCUT2D eigenvalue weighted by Crippen LogP contribution is -2.54. The summed E-state index contributed by atoms with van der Waals surface area (Å²) in [6.45, 7) is 1.88. The average molecular weight is 480 g/mol. The molecule has 1 aliphatic heterocycles. The number of barbiturate groups is 1. The zero-order chi connectivity index (χ0) is 19.0. The highest BCUT2D eigenvalue weighted by Crippen LogP contribution is 2.33. The van der Waals surface area contributed by atoms with Gasteiger partial charge in [-0.1, -0.05) is 33.6 Å². The SMILES string of the molecule is Cc1ccc(N2C(=O)NC(=O)/C(=C\c3cc(Br)cc(Br)c3O)C2=O)cc1. The largest absolute Gasteiger partial charge is 0.506 e. The molecule has 2 N–H and O–H groups in total. The van der Waals surface area contributed by atoms with Gasteiger partial charge in [-0.05, 0) is 53.2 Å². The molecule has 132 valence electrons. The summed E-state index contributed by atoms with van der Waals surface area (Å²) < 4.78 is 1.04. The fraction of sp³-hybridized carbons (Fsp3) is 0.0556. The van der Waals surface area contributed by atoms with Gasteiger partial charge in [0, 0.05) is 10.0 Å². The first-order chi connectivity index (χ1) is 12.3. The summed E-state index contributed by atoms with van der Waals surface area (Å²) in [5.41, 5.74) is 1.30. The van der Waals surface area contributed by atoms with Crippen LogP contribution >= 0.6 is 31.9 Å². The molecule has 6 nitrogen and oxygen atoms in total. The molecule has 4 amide bonds. The molecule has 0 aliphatic carbocycles. The quantitative estimate of drug-likeness (QED) is 0.505. The average Bonchev–Trinajstić information content (AvgIpc) is 2.57. The van der Waals surface area contributed by atoms with Crippen molar-refractivity contribution in [1.29, 1.82) is 0 Å². The fourth-order valence-electron chi connectivity index (χ4n) is 2.44. The first-order valence-electron chi connectivity index (χ1n) is 7.44. The highest BCUT2D eigenvalue weighted by atomic mass is 79.9. The van der Waals surface area contributed by atoms with E-state index in [0.717, 1.165) is 10.5 Å². The van der Waals surface area contributed by atoms with Crippen molar-refractivity contribution in [2.24, 2.45) is 0 Å². The molecular weight excluding hydrogens is 468 g/mol. The Hall–Kier alpha value is -2.45. The molecule has 0 bridgehead atoms. The maximum absolute atomic E-state index is 12.8. The van der Waals surface area contributed by atoms with Crippen molar-refractivity contribution >= 4 is 61.5 Å². The normalized spacial score (nSPS) is 16.2. The molecular formula is C18H12Br2N2O4. The number of halogens is 2. The maximum atomic E-state index is 12.8. The van der Waals surface area contributed by atoms with Crippen molar-refractivity contribution in [3.63, 3.8) is 0 Å². The molecule has 0 unspecified atom stereocenters. The second kappa shape index (κ2) is 7.05. The van der Waals surface area contributed by atoms with Crippen molar-refractivity contribution in [1.82, 2.24) is 5.32 Å². The smallest absolute Gasteiger partial charge is 0.335 e. The van der Waals surface area contributed by atoms with Gasteiger partial charge in [-0.2, -0.15) is 0 Å². The van der Waals surface area contributed by atoms with E-state index >= 15 is 0 Å². The molecule has 1 aliphatic rings. The number of nitrogens with zero attached hydrogens (tertiary/aromatic N) is 1. The lowest BCUT2D eigenvalue weighted by Gasteiger charge is -2.26. The topological polar surface area (TPSA) is 86.7 Å². The third kappa shape index (κ3) is 3.42. The molecule has 8 heteroatoms. The molecule has 0 atom stereocenters. The number of carbonyl (C=O) groups is 3. The van der Waals surface area contributed by atoms with Crippen LogP contribution in [-0.4, -0.2) is 23.0 Å². The van der Waals surface area contributed by atoms with Gasteiger partial charge in [-0.3, -0.25) is 14.9 Å². The fourth-order valence-corrected chi connectivity index (χ4v) is 3.70. The number of imide groups is 2. The Kier molecular flexibility index (Phi) is 4.97. The van der Waals surface area contributed by atoms with Crippen LogP contribution < -0.4 is 10.2 Å². The Morgan fingerprint density at radius 1 is 1.08 bits per heavy atom. The number of phenolic OH excluding ortho intramolecular Hbond substituents is 1. The van der Waals surface area contributed by atoms with E-state index < -0.39 is 17.8 Å². The van der Waals surface area contributed by atoms with Crippen LogP contribution in [0.15, 0.2) is 50.9 Å². The number of carbonyl (C=O) groups excluding carboxylic acids is 3. The minimum atomic E-state index is -0.821. The molecule has 2 aromatic rings. The van der Waals surface area contributed by atoms with Gasteiger partial charge in [0.2, 0.25) is 0 Å². The number of amides is 4. The maximum Gasteiger partial charge on any atom is 0.335 e. The predicted octanol–water partition coefficient (Wildman–Crippen LogP) is 3.89. The van der Waals surface area contributed by atoms with Crippen LogP contribution in [0.4, 0.5) is 10.5 Å². The van der Waals surface area contributed by atoms with Crippen LogP contribution in [0.1, 0.15) is 11.1 Å². The number of rotatable bonds is 2. The Morgan fingerprint density at radius 2 is 1.73 bits per heavy atom. The second-order valence-electron chi connectivity index (χ2n) is 5.62. The van der Waals surface area contributed by atoms with Crippen LogP contribution in [0.2, 0.25) is 0 Å². The van der Waals surface area contributed by atoms with Gasteiger partial charge in [-0.25, -0.2) is 9.69 Å². The van der Waals surface area contributed by atoms with Gasteiger partial charge in [0.1, 0.15) is 11.3 Å². The van der Waals surface area contributed by atoms with E-state index in [1.807, 2.05) is 6.92 Å². The summed E-state index contributed by atoms with van der Waals surface area (Å²) in [5.74, 6) is -1.71. The molecule has 3 rings (SSSR count). The molecule has 26 heavy (non-hydrogen) atoms. The van der Waals surface area contributed by atoms with Gasteiger partial charge < -0.3 is 5.11 Å². The van der Waals surface area contributed by atoms with Crippen molar-refractivity contribution in [2.75, 3.05) is 4.90 Å². The minimum absolute atomic E-state index is 0.125. The molecule has 1 saturated heterocycles. The number of aryl methyl sites for hydroxylation is 1. The van der Waals surface area contributed by atoms with Gasteiger partial charge in [0.25, 0.3) is 11.8 Å². The summed E-state index contributed by atoms with van der Waals surface area (Å²) >= 11 is 6.48. The lowest BCUT2D eigenvalue weighted by molar-refractivity contribution is -0.122. The van der Waals surface area contributed by atoms with Crippen LogP contribution in [-0.2, 0) is 9.59 Å².